The Bertz CT molecular complexity index is 384. The largest absolute Gasteiger partial charge is 0.341 e. The molecule has 2 rings (SSSR count). The van der Waals surface area contributed by atoms with Gasteiger partial charge in [-0.25, -0.2) is 0 Å². The van der Waals surface area contributed by atoms with E-state index in [1.54, 1.807) is 11.3 Å². The van der Waals surface area contributed by atoms with Crippen molar-refractivity contribution in [3.63, 3.8) is 0 Å². The molecule has 0 saturated heterocycles. The van der Waals surface area contributed by atoms with Crippen molar-refractivity contribution in [2.45, 2.75) is 44.2 Å². The van der Waals surface area contributed by atoms with Gasteiger partial charge in [-0.3, -0.25) is 4.79 Å². The second kappa shape index (κ2) is 4.78. The number of hydrogen-bond acceptors (Lipinski definition) is 3. The standard InChI is InChI=1S/C13H20N2OS/c1-10(9-11-5-3-8-17-11)15(2)12(16)13(14)6-4-7-13/h3,5,8,10H,4,6-7,9,14H2,1-2H3. The van der Waals surface area contributed by atoms with Crippen molar-refractivity contribution in [3.05, 3.63) is 22.4 Å². The van der Waals surface area contributed by atoms with Gasteiger partial charge in [0, 0.05) is 24.4 Å². The first-order valence-electron chi connectivity index (χ1n) is 6.11. The molecule has 0 aliphatic heterocycles. The number of hydrogen-bond donors (Lipinski definition) is 1. The smallest absolute Gasteiger partial charge is 0.242 e. The summed E-state index contributed by atoms with van der Waals surface area (Å²) in [6, 6.07) is 4.37. The molecule has 2 N–H and O–H groups in total. The van der Waals surface area contributed by atoms with E-state index in [1.807, 2.05) is 18.0 Å². The van der Waals surface area contributed by atoms with Crippen LogP contribution in [-0.4, -0.2) is 29.4 Å². The molecule has 1 atom stereocenters. The first-order chi connectivity index (χ1) is 8.03. The Morgan fingerprint density at radius 1 is 1.65 bits per heavy atom. The van der Waals surface area contributed by atoms with Crippen molar-refractivity contribution in [1.29, 1.82) is 0 Å². The maximum Gasteiger partial charge on any atom is 0.242 e. The monoisotopic (exact) mass is 252 g/mol. The molecule has 1 aromatic heterocycles. The van der Waals surface area contributed by atoms with E-state index < -0.39 is 5.54 Å². The van der Waals surface area contributed by atoms with Gasteiger partial charge in [0.25, 0.3) is 0 Å². The van der Waals surface area contributed by atoms with Crippen LogP contribution in [0.25, 0.3) is 0 Å². The first kappa shape index (κ1) is 12.6. The number of amides is 1. The predicted octanol–water partition coefficient (Wildman–Crippen LogP) is 2.02. The molecule has 1 heterocycles. The van der Waals surface area contributed by atoms with E-state index in [1.165, 1.54) is 4.88 Å². The van der Waals surface area contributed by atoms with E-state index in [9.17, 15) is 4.79 Å². The Balaban J connectivity index is 1.94. The van der Waals surface area contributed by atoms with Crippen LogP contribution in [0.5, 0.6) is 0 Å². The minimum atomic E-state index is -0.571. The maximum atomic E-state index is 12.2. The molecule has 17 heavy (non-hydrogen) atoms. The van der Waals surface area contributed by atoms with Gasteiger partial charge in [-0.05, 0) is 37.6 Å². The third-order valence-electron chi connectivity index (χ3n) is 3.73. The molecular formula is C13H20N2OS. The fourth-order valence-corrected chi connectivity index (χ4v) is 3.01. The highest BCUT2D eigenvalue weighted by Gasteiger charge is 2.42. The van der Waals surface area contributed by atoms with Crippen LogP contribution in [0.3, 0.4) is 0 Å². The number of carbonyl (C=O) groups excluding carboxylic acids is 1. The van der Waals surface area contributed by atoms with E-state index >= 15 is 0 Å². The van der Waals surface area contributed by atoms with E-state index in [0.717, 1.165) is 25.7 Å². The zero-order chi connectivity index (χ0) is 12.5. The topological polar surface area (TPSA) is 46.3 Å². The van der Waals surface area contributed by atoms with Crippen molar-refractivity contribution in [1.82, 2.24) is 4.90 Å². The molecule has 0 spiro atoms. The Labute approximate surface area is 107 Å². The summed E-state index contributed by atoms with van der Waals surface area (Å²) in [7, 11) is 1.87. The van der Waals surface area contributed by atoms with Crippen LogP contribution < -0.4 is 5.73 Å². The molecule has 1 amide bonds. The highest BCUT2D eigenvalue weighted by atomic mass is 32.1. The van der Waals surface area contributed by atoms with E-state index in [4.69, 9.17) is 5.73 Å². The van der Waals surface area contributed by atoms with Crippen LogP contribution in [0.2, 0.25) is 0 Å². The molecule has 94 valence electrons. The number of likely N-dealkylation sites (N-methyl/N-ethyl adjacent to an activating group) is 1. The summed E-state index contributed by atoms with van der Waals surface area (Å²) >= 11 is 1.74. The van der Waals surface area contributed by atoms with Crippen molar-refractivity contribution in [2.75, 3.05) is 7.05 Å². The molecule has 1 aliphatic rings. The Kier molecular flexibility index (Phi) is 3.54. The van der Waals surface area contributed by atoms with Gasteiger partial charge >= 0.3 is 0 Å². The van der Waals surface area contributed by atoms with E-state index in [0.29, 0.717) is 0 Å². The Hall–Kier alpha value is -0.870. The Morgan fingerprint density at radius 3 is 2.82 bits per heavy atom. The van der Waals surface area contributed by atoms with E-state index in [2.05, 4.69) is 18.4 Å². The predicted molar refractivity (Wildman–Crippen MR) is 71.0 cm³/mol. The van der Waals surface area contributed by atoms with Crippen LogP contribution in [0.1, 0.15) is 31.1 Å². The molecule has 3 nitrogen and oxygen atoms in total. The SMILES string of the molecule is CC(Cc1cccs1)N(C)C(=O)C1(N)CCC1. The summed E-state index contributed by atoms with van der Waals surface area (Å²) in [6.45, 7) is 2.08. The van der Waals surface area contributed by atoms with Gasteiger partial charge in [0.05, 0.1) is 5.54 Å². The Morgan fingerprint density at radius 2 is 2.35 bits per heavy atom. The average molecular weight is 252 g/mol. The number of nitrogens with zero attached hydrogens (tertiary/aromatic N) is 1. The number of thiophene rings is 1. The minimum Gasteiger partial charge on any atom is -0.341 e. The molecule has 1 unspecified atom stereocenters. The quantitative estimate of drug-likeness (QED) is 0.891. The molecule has 4 heteroatoms. The van der Waals surface area contributed by atoms with E-state index in [-0.39, 0.29) is 11.9 Å². The van der Waals surface area contributed by atoms with Crippen molar-refractivity contribution in [2.24, 2.45) is 5.73 Å². The lowest BCUT2D eigenvalue weighted by Gasteiger charge is -2.41. The summed E-state index contributed by atoms with van der Waals surface area (Å²) < 4.78 is 0. The van der Waals surface area contributed by atoms with Crippen LogP contribution in [0, 0.1) is 0 Å². The number of nitrogens with two attached hydrogens (primary N) is 1. The van der Waals surface area contributed by atoms with Gasteiger partial charge in [-0.1, -0.05) is 6.07 Å². The summed E-state index contributed by atoms with van der Waals surface area (Å²) in [4.78, 5) is 15.4. The fourth-order valence-electron chi connectivity index (χ4n) is 2.18. The fraction of sp³-hybridized carbons (Fsp3) is 0.615. The molecule has 0 aromatic carbocycles. The molecule has 1 aliphatic carbocycles. The zero-order valence-corrected chi connectivity index (χ0v) is 11.3. The summed E-state index contributed by atoms with van der Waals surface area (Å²) in [6.07, 6.45) is 3.66. The third-order valence-corrected chi connectivity index (χ3v) is 4.63. The van der Waals surface area contributed by atoms with Gasteiger partial charge in [0.2, 0.25) is 5.91 Å². The molecular weight excluding hydrogens is 232 g/mol. The number of carbonyl (C=O) groups is 1. The maximum absolute atomic E-state index is 12.2. The molecule has 1 saturated carbocycles. The van der Waals surface area contributed by atoms with Gasteiger partial charge in [-0.15, -0.1) is 11.3 Å². The summed E-state index contributed by atoms with van der Waals surface area (Å²) in [5.41, 5.74) is 5.50. The minimum absolute atomic E-state index is 0.104. The number of rotatable bonds is 4. The lowest BCUT2D eigenvalue weighted by Crippen LogP contribution is -2.60. The van der Waals surface area contributed by atoms with Gasteiger partial charge in [-0.2, -0.15) is 0 Å². The highest BCUT2D eigenvalue weighted by molar-refractivity contribution is 7.09. The third kappa shape index (κ3) is 2.53. The van der Waals surface area contributed by atoms with Crippen LogP contribution in [0.4, 0.5) is 0 Å². The van der Waals surface area contributed by atoms with Crippen molar-refractivity contribution < 1.29 is 4.79 Å². The van der Waals surface area contributed by atoms with Crippen molar-refractivity contribution in [3.8, 4) is 0 Å². The average Bonchev–Trinajstić information content (AvgIpc) is 2.76. The molecule has 1 fully saturated rings. The molecule has 1 aromatic rings. The lowest BCUT2D eigenvalue weighted by atomic mass is 9.76. The second-order valence-corrected chi connectivity index (χ2v) is 6.09. The van der Waals surface area contributed by atoms with Crippen LogP contribution >= 0.6 is 11.3 Å². The van der Waals surface area contributed by atoms with Gasteiger partial charge in [0.15, 0.2) is 0 Å². The molecule has 0 bridgehead atoms. The van der Waals surface area contributed by atoms with Crippen molar-refractivity contribution >= 4 is 17.2 Å². The van der Waals surface area contributed by atoms with Gasteiger partial charge < -0.3 is 10.6 Å². The lowest BCUT2D eigenvalue weighted by molar-refractivity contribution is -0.140. The molecule has 0 radical (unpaired) electrons. The second-order valence-electron chi connectivity index (χ2n) is 5.06. The summed E-state index contributed by atoms with van der Waals surface area (Å²) in [5.74, 6) is 0.104. The first-order valence-corrected chi connectivity index (χ1v) is 6.99. The highest BCUT2D eigenvalue weighted by Crippen LogP contribution is 2.31. The normalized spacial score (nSPS) is 19.5. The zero-order valence-electron chi connectivity index (χ0n) is 10.5. The van der Waals surface area contributed by atoms with Gasteiger partial charge in [0.1, 0.15) is 0 Å². The van der Waals surface area contributed by atoms with Crippen LogP contribution in [-0.2, 0) is 11.2 Å². The van der Waals surface area contributed by atoms with Crippen LogP contribution in [0.15, 0.2) is 17.5 Å². The summed E-state index contributed by atoms with van der Waals surface area (Å²) in [5, 5.41) is 2.07.